The zero-order valence-corrected chi connectivity index (χ0v) is 32.3. The van der Waals surface area contributed by atoms with E-state index in [0.717, 1.165) is 37.5 Å². The summed E-state index contributed by atoms with van der Waals surface area (Å²) in [4.78, 5) is 50.7. The predicted octanol–water partition coefficient (Wildman–Crippen LogP) is 9.38. The van der Waals surface area contributed by atoms with Crippen LogP contribution in [0.4, 0.5) is 14.9 Å². The number of esters is 1. The molecule has 2 fully saturated rings. The number of fused-ring (bicyclic) bond motifs is 1. The van der Waals surface area contributed by atoms with E-state index in [1.54, 1.807) is 63.2 Å². The fourth-order valence-corrected chi connectivity index (χ4v) is 5.66. The molecule has 1 aliphatic carbocycles. The van der Waals surface area contributed by atoms with Crippen molar-refractivity contribution in [3.05, 3.63) is 88.0 Å². The second-order valence-corrected chi connectivity index (χ2v) is 13.7. The summed E-state index contributed by atoms with van der Waals surface area (Å²) in [5.41, 5.74) is 2.46. The highest BCUT2D eigenvalue weighted by atomic mass is 35.5. The Morgan fingerprint density at radius 2 is 1.69 bits per heavy atom. The third-order valence-electron chi connectivity index (χ3n) is 7.90. The molecule has 2 aliphatic rings. The number of allylic oxidation sites excluding steroid dienone is 1. The lowest BCUT2D eigenvalue weighted by Crippen LogP contribution is -2.29. The van der Waals surface area contributed by atoms with Crippen LogP contribution >= 0.6 is 23.2 Å². The second-order valence-electron chi connectivity index (χ2n) is 12.8. The maximum atomic E-state index is 14.3. The van der Waals surface area contributed by atoms with Crippen molar-refractivity contribution < 1.29 is 47.3 Å². The third kappa shape index (κ3) is 11.0. The van der Waals surface area contributed by atoms with Gasteiger partial charge in [-0.3, -0.25) is 4.79 Å². The van der Waals surface area contributed by atoms with Gasteiger partial charge in [0.05, 0.1) is 39.8 Å². The Hall–Kier alpha value is -5.47. The summed E-state index contributed by atoms with van der Waals surface area (Å²) in [6.07, 6.45) is 3.75. The summed E-state index contributed by atoms with van der Waals surface area (Å²) in [7, 11) is 0. The number of hydrogen-bond acceptors (Lipinski definition) is 12. The van der Waals surface area contributed by atoms with Crippen molar-refractivity contribution in [1.82, 2.24) is 9.97 Å². The lowest BCUT2D eigenvalue weighted by molar-refractivity contribution is -0.152. The minimum absolute atomic E-state index is 0.00962. The van der Waals surface area contributed by atoms with Gasteiger partial charge in [0.15, 0.2) is 18.5 Å². The average Bonchev–Trinajstić information content (AvgIpc) is 3.77. The van der Waals surface area contributed by atoms with E-state index in [-0.39, 0.29) is 41.5 Å². The monoisotopic (exact) mass is 796 g/mol. The first-order valence-corrected chi connectivity index (χ1v) is 18.1. The number of rotatable bonds is 12. The lowest BCUT2D eigenvalue weighted by Gasteiger charge is -2.18. The fraction of sp³-hybridized carbons (Fsp3) is 0.333. The van der Waals surface area contributed by atoms with Gasteiger partial charge in [-0.25, -0.2) is 28.8 Å². The van der Waals surface area contributed by atoms with Crippen molar-refractivity contribution >= 4 is 63.6 Å². The number of imide groups is 1. The van der Waals surface area contributed by atoms with Crippen LogP contribution in [0.3, 0.4) is 0 Å². The highest BCUT2D eigenvalue weighted by Crippen LogP contribution is 2.37. The largest absolute Gasteiger partial charge is 0.489 e. The van der Waals surface area contributed by atoms with Gasteiger partial charge >= 0.3 is 18.0 Å². The van der Waals surface area contributed by atoms with Gasteiger partial charge in [0.1, 0.15) is 29.7 Å². The van der Waals surface area contributed by atoms with E-state index in [1.807, 2.05) is 13.8 Å². The Kier molecular flexibility index (Phi) is 13.9. The highest BCUT2D eigenvalue weighted by Gasteiger charge is 2.40. The molecule has 3 aromatic carbocycles. The Bertz CT molecular complexity index is 2100. The Morgan fingerprint density at radius 1 is 0.982 bits per heavy atom. The minimum Gasteiger partial charge on any atom is -0.489 e. The van der Waals surface area contributed by atoms with Gasteiger partial charge in [-0.05, 0) is 114 Å². The average molecular weight is 798 g/mol. The molecule has 0 N–H and O–H groups in total. The zero-order chi connectivity index (χ0) is 39.6. The number of aromatic nitrogens is 2. The molecule has 4 aromatic rings. The molecular formula is C39H39Cl2FN4O9. The zero-order valence-electron chi connectivity index (χ0n) is 30.8. The maximum absolute atomic E-state index is 14.3. The molecule has 0 bridgehead atoms. The van der Waals surface area contributed by atoms with Gasteiger partial charge in [0, 0.05) is 11.1 Å². The van der Waals surface area contributed by atoms with E-state index in [2.05, 4.69) is 15.1 Å². The van der Waals surface area contributed by atoms with Crippen LogP contribution in [0.2, 0.25) is 10.0 Å². The molecule has 0 radical (unpaired) electrons. The minimum atomic E-state index is -0.941. The normalized spacial score (nSPS) is 14.5. The number of oxime groups is 1. The van der Waals surface area contributed by atoms with Gasteiger partial charge in [0.25, 0.3) is 0 Å². The van der Waals surface area contributed by atoms with E-state index in [1.165, 1.54) is 12.3 Å². The van der Waals surface area contributed by atoms with Crippen molar-refractivity contribution in [2.75, 3.05) is 18.1 Å². The van der Waals surface area contributed by atoms with Gasteiger partial charge in [-0.2, -0.15) is 0 Å². The number of anilines is 1. The van der Waals surface area contributed by atoms with E-state index in [9.17, 15) is 18.8 Å². The molecule has 0 unspecified atom stereocenters. The van der Waals surface area contributed by atoms with Crippen LogP contribution in [0, 0.1) is 5.82 Å². The van der Waals surface area contributed by atoms with Crippen molar-refractivity contribution in [3.8, 4) is 23.1 Å². The molecule has 13 nitrogen and oxygen atoms in total. The topological polar surface area (TPSA) is 148 Å². The Labute approximate surface area is 326 Å². The number of nitrogens with zero attached hydrogens (tertiary/aromatic N) is 4. The molecular weight excluding hydrogens is 758 g/mol. The molecule has 0 spiro atoms. The van der Waals surface area contributed by atoms with Crippen LogP contribution in [0.15, 0.2) is 77.3 Å². The molecule has 2 heterocycles. The molecule has 2 amide bonds. The van der Waals surface area contributed by atoms with E-state index in [4.69, 9.17) is 51.7 Å². The Morgan fingerprint density at radius 3 is 2.36 bits per heavy atom. The smallest absolute Gasteiger partial charge is 0.427 e. The number of carbonyl (C=O) groups is 3. The van der Waals surface area contributed by atoms with Gasteiger partial charge in [-0.15, -0.1) is 0 Å². The van der Waals surface area contributed by atoms with Crippen LogP contribution in [-0.4, -0.2) is 59.1 Å². The molecule has 16 heteroatoms. The number of benzene rings is 3. The summed E-state index contributed by atoms with van der Waals surface area (Å²) in [6.45, 7) is 8.77. The van der Waals surface area contributed by atoms with Gasteiger partial charge in [0.2, 0.25) is 5.88 Å². The Balaban J connectivity index is 0.000000218. The summed E-state index contributed by atoms with van der Waals surface area (Å²) in [5.74, 6) is -0.420. The van der Waals surface area contributed by atoms with Crippen molar-refractivity contribution in [2.45, 2.75) is 72.5 Å². The molecule has 1 atom stereocenters. The molecule has 1 saturated heterocycles. The first-order chi connectivity index (χ1) is 26.3. The van der Waals surface area contributed by atoms with E-state index >= 15 is 0 Å². The third-order valence-corrected chi connectivity index (χ3v) is 8.43. The second kappa shape index (κ2) is 18.7. The summed E-state index contributed by atoms with van der Waals surface area (Å²) in [5, 5.41) is 4.46. The van der Waals surface area contributed by atoms with Crippen molar-refractivity contribution in [3.63, 3.8) is 0 Å². The number of carbonyl (C=O) groups excluding carboxylic acids is 3. The molecule has 55 heavy (non-hydrogen) atoms. The lowest BCUT2D eigenvalue weighted by atomic mass is 10.2. The van der Waals surface area contributed by atoms with Crippen LogP contribution in [0.5, 0.6) is 23.1 Å². The van der Waals surface area contributed by atoms with Crippen molar-refractivity contribution in [2.24, 2.45) is 5.16 Å². The molecule has 1 saturated carbocycles. The summed E-state index contributed by atoms with van der Waals surface area (Å²) in [6, 6.07) is 14.4. The number of ether oxygens (including phenoxy) is 5. The fourth-order valence-electron chi connectivity index (χ4n) is 5.30. The van der Waals surface area contributed by atoms with E-state index < -0.39 is 29.9 Å². The van der Waals surface area contributed by atoms with Crippen molar-refractivity contribution in [1.29, 1.82) is 0 Å². The van der Waals surface area contributed by atoms with Crippen LogP contribution in [0.25, 0.3) is 11.0 Å². The van der Waals surface area contributed by atoms with E-state index in [0.29, 0.717) is 43.9 Å². The molecule has 1 aromatic heterocycles. The van der Waals surface area contributed by atoms with Crippen LogP contribution in [-0.2, 0) is 23.9 Å². The standard InChI is InChI=1S/C22H22ClN3O5.C17H17ClFNO4/c1-14(2)26-29-11-10-28-22(27)15(3)30-17-5-7-18(8-6-17)31-21-13-24-20-12-16(23)4-9-19(20)25-21;1-9(2)15-16(21)20(17(22)24-15)13-8-14(11(18)7-12(13)19)23-10-5-3-4-6-10/h4-9,12-13,15H,10-11H2,1-3H3;7-8,10H,3-6H2,1-2H3/t15-;/m1./s1. The highest BCUT2D eigenvalue weighted by molar-refractivity contribution is 6.32. The van der Waals surface area contributed by atoms with Crippen LogP contribution < -0.4 is 19.1 Å². The number of halogens is 3. The molecule has 6 rings (SSSR count). The quantitative estimate of drug-likeness (QED) is 0.0444. The van der Waals surface area contributed by atoms with Crippen LogP contribution in [0.1, 0.15) is 60.3 Å². The summed E-state index contributed by atoms with van der Waals surface area (Å²) < 4.78 is 41.5. The predicted molar refractivity (Wildman–Crippen MR) is 203 cm³/mol. The SMILES string of the molecule is CC(C)=C1OC(=O)N(c2cc(OC3CCCC3)c(Cl)cc2F)C1=O.CC(C)=NOCCOC(=O)[C@@H](C)Oc1ccc(Oc2cnc3cc(Cl)ccc3n2)cc1. The number of hydrogen-bond donors (Lipinski definition) is 0. The van der Waals surface area contributed by atoms with Gasteiger partial charge < -0.3 is 28.5 Å². The maximum Gasteiger partial charge on any atom is 0.427 e. The first-order valence-electron chi connectivity index (χ1n) is 17.3. The molecule has 1 aliphatic heterocycles. The van der Waals surface area contributed by atoms with Gasteiger partial charge in [-0.1, -0.05) is 28.4 Å². The summed E-state index contributed by atoms with van der Waals surface area (Å²) >= 11 is 12.0. The first kappa shape index (κ1) is 40.7. The molecule has 290 valence electrons. The number of cyclic esters (lactones) is 1. The number of amides is 2.